The van der Waals surface area contributed by atoms with E-state index in [4.69, 9.17) is 9.16 Å². The van der Waals surface area contributed by atoms with Gasteiger partial charge in [-0.2, -0.15) is 0 Å². The fraction of sp³-hybridized carbons (Fsp3) is 0.828. The van der Waals surface area contributed by atoms with Crippen LogP contribution in [0.3, 0.4) is 0 Å². The monoisotopic (exact) mass is 470 g/mol. The molecule has 0 amide bonds. The van der Waals surface area contributed by atoms with Gasteiger partial charge in [-0.15, -0.1) is 0 Å². The lowest BCUT2D eigenvalue weighted by molar-refractivity contribution is -0.135. The first-order chi connectivity index (χ1) is 15.3. The summed E-state index contributed by atoms with van der Waals surface area (Å²) in [4.78, 5) is 11.8. The van der Waals surface area contributed by atoms with Gasteiger partial charge >= 0.3 is 5.97 Å². The SMILES string of the molecule is CC(C)(C)[Si](C)(C)OC1CC[C@@]2(C)C(=CC[C@@H]3[C@@H]2CC[C@]2(C)C(C4=CC(=O)OC4)CC[C@@H]32)C1. The zero-order valence-electron chi connectivity index (χ0n) is 22.1. The van der Waals surface area contributed by atoms with E-state index in [0.717, 1.165) is 24.2 Å². The molecule has 5 rings (SSSR count). The average molecular weight is 471 g/mol. The highest BCUT2D eigenvalue weighted by molar-refractivity contribution is 6.74. The molecule has 4 aliphatic carbocycles. The Morgan fingerprint density at radius 2 is 1.82 bits per heavy atom. The van der Waals surface area contributed by atoms with Crippen molar-refractivity contribution in [3.8, 4) is 0 Å². The summed E-state index contributed by atoms with van der Waals surface area (Å²) in [5, 5.41) is 0.275. The number of esters is 1. The van der Waals surface area contributed by atoms with Gasteiger partial charge in [-0.3, -0.25) is 0 Å². The molecule has 1 aliphatic heterocycles. The van der Waals surface area contributed by atoms with Crippen molar-refractivity contribution in [2.24, 2.45) is 34.5 Å². The van der Waals surface area contributed by atoms with Crippen LogP contribution in [0.25, 0.3) is 0 Å². The van der Waals surface area contributed by atoms with E-state index in [0.29, 0.717) is 29.5 Å². The van der Waals surface area contributed by atoms with Crippen LogP contribution in [-0.4, -0.2) is 27.0 Å². The van der Waals surface area contributed by atoms with Gasteiger partial charge < -0.3 is 9.16 Å². The third-order valence-corrected chi connectivity index (χ3v) is 16.0. The third-order valence-electron chi connectivity index (χ3n) is 11.5. The van der Waals surface area contributed by atoms with E-state index >= 15 is 0 Å². The molecule has 0 aromatic carbocycles. The van der Waals surface area contributed by atoms with Crippen LogP contribution in [0.15, 0.2) is 23.3 Å². The van der Waals surface area contributed by atoms with Gasteiger partial charge in [0.25, 0.3) is 0 Å². The number of rotatable bonds is 3. The van der Waals surface area contributed by atoms with E-state index in [2.05, 4.69) is 53.8 Å². The van der Waals surface area contributed by atoms with Crippen molar-refractivity contribution in [2.75, 3.05) is 6.61 Å². The highest BCUT2D eigenvalue weighted by Gasteiger charge is 2.59. The minimum absolute atomic E-state index is 0.125. The third kappa shape index (κ3) is 3.73. The molecule has 0 saturated heterocycles. The zero-order valence-corrected chi connectivity index (χ0v) is 23.1. The molecule has 0 N–H and O–H groups in total. The predicted molar refractivity (Wildman–Crippen MR) is 136 cm³/mol. The lowest BCUT2D eigenvalue weighted by Crippen LogP contribution is -2.52. The predicted octanol–water partition coefficient (Wildman–Crippen LogP) is 7.44. The molecule has 4 heteroatoms. The van der Waals surface area contributed by atoms with Crippen LogP contribution in [0.1, 0.15) is 86.0 Å². The fourth-order valence-corrected chi connectivity index (χ4v) is 9.91. The van der Waals surface area contributed by atoms with Crippen LogP contribution in [0.4, 0.5) is 0 Å². The van der Waals surface area contributed by atoms with Gasteiger partial charge in [0.2, 0.25) is 0 Å². The summed E-state index contributed by atoms with van der Waals surface area (Å²) >= 11 is 0. The smallest absolute Gasteiger partial charge is 0.331 e. The first-order valence-electron chi connectivity index (χ1n) is 13.6. The topological polar surface area (TPSA) is 35.5 Å². The number of hydrogen-bond donors (Lipinski definition) is 0. The Morgan fingerprint density at radius 1 is 1.06 bits per heavy atom. The van der Waals surface area contributed by atoms with E-state index in [1.54, 1.807) is 5.57 Å². The van der Waals surface area contributed by atoms with Crippen molar-refractivity contribution in [1.82, 2.24) is 0 Å². The van der Waals surface area contributed by atoms with E-state index in [-0.39, 0.29) is 11.0 Å². The number of hydrogen-bond acceptors (Lipinski definition) is 3. The molecule has 3 saturated carbocycles. The van der Waals surface area contributed by atoms with Crippen LogP contribution < -0.4 is 0 Å². The zero-order chi connectivity index (χ0) is 23.8. The van der Waals surface area contributed by atoms with E-state index < -0.39 is 8.32 Å². The molecule has 0 spiro atoms. The highest BCUT2D eigenvalue weighted by atomic mass is 28.4. The normalized spacial score (nSPS) is 43.2. The number of allylic oxidation sites excluding steroid dienone is 1. The minimum Gasteiger partial charge on any atom is -0.458 e. The van der Waals surface area contributed by atoms with Gasteiger partial charge in [-0.05, 0) is 110 Å². The molecule has 7 atom stereocenters. The second-order valence-corrected chi connectivity index (χ2v) is 18.8. The lowest BCUT2D eigenvalue weighted by atomic mass is 9.47. The second-order valence-electron chi connectivity index (χ2n) is 14.0. The Kier molecular flexibility index (Phi) is 5.65. The Morgan fingerprint density at radius 3 is 2.48 bits per heavy atom. The van der Waals surface area contributed by atoms with Crippen molar-refractivity contribution < 1.29 is 14.0 Å². The molecule has 5 aliphatic rings. The van der Waals surface area contributed by atoms with E-state index in [1.165, 1.54) is 50.5 Å². The summed E-state index contributed by atoms with van der Waals surface area (Å²) in [6.07, 6.45) is 15.0. The van der Waals surface area contributed by atoms with Crippen molar-refractivity contribution in [3.05, 3.63) is 23.3 Å². The van der Waals surface area contributed by atoms with Crippen LogP contribution in [-0.2, 0) is 14.0 Å². The van der Waals surface area contributed by atoms with Gasteiger partial charge in [0, 0.05) is 12.2 Å². The Labute approximate surface area is 202 Å². The van der Waals surface area contributed by atoms with E-state index in [1.807, 2.05) is 6.08 Å². The molecule has 0 aromatic heterocycles. The average Bonchev–Trinajstić information content (AvgIpc) is 3.29. The van der Waals surface area contributed by atoms with Crippen LogP contribution >= 0.6 is 0 Å². The van der Waals surface area contributed by atoms with Crippen molar-refractivity contribution in [1.29, 1.82) is 0 Å². The maximum atomic E-state index is 11.8. The molecular weight excluding hydrogens is 424 g/mol. The standard InChI is InChI=1S/C29H46O3Si/c1-27(2,3)33(6,7)32-21-12-14-28(4)20(17-21)8-9-22-24-11-10-23(19-16-26(30)31-18-19)29(24,5)15-13-25(22)28/h8,16,21-25H,9-15,17-18H2,1-7H3/t21?,22-,23?,24-,25-,28-,29+/m0/s1. The molecular formula is C29H46O3Si. The van der Waals surface area contributed by atoms with Crippen molar-refractivity contribution in [2.45, 2.75) is 110 Å². The summed E-state index contributed by atoms with van der Waals surface area (Å²) in [6.45, 7) is 17.6. The van der Waals surface area contributed by atoms with Crippen LogP contribution in [0.2, 0.25) is 18.1 Å². The summed E-state index contributed by atoms with van der Waals surface area (Å²) in [5.74, 6) is 2.83. The summed E-state index contributed by atoms with van der Waals surface area (Å²) < 4.78 is 12.2. The number of ether oxygens (including phenoxy) is 1. The van der Waals surface area contributed by atoms with Crippen LogP contribution in [0.5, 0.6) is 0 Å². The molecule has 3 fully saturated rings. The molecule has 1 heterocycles. The molecule has 0 bridgehead atoms. The lowest BCUT2D eigenvalue weighted by Gasteiger charge is -2.58. The first kappa shape index (κ1) is 23.8. The van der Waals surface area contributed by atoms with Crippen molar-refractivity contribution >= 4 is 14.3 Å². The molecule has 0 aromatic rings. The maximum Gasteiger partial charge on any atom is 0.331 e. The highest BCUT2D eigenvalue weighted by Crippen LogP contribution is 2.67. The molecule has 33 heavy (non-hydrogen) atoms. The quantitative estimate of drug-likeness (QED) is 0.244. The minimum atomic E-state index is -1.73. The largest absolute Gasteiger partial charge is 0.458 e. The first-order valence-corrected chi connectivity index (χ1v) is 16.5. The maximum absolute atomic E-state index is 11.8. The fourth-order valence-electron chi connectivity index (χ4n) is 8.52. The van der Waals surface area contributed by atoms with Gasteiger partial charge in [0.05, 0.1) is 0 Å². The number of carbonyl (C=O) groups is 1. The molecule has 184 valence electrons. The van der Waals surface area contributed by atoms with Gasteiger partial charge in [0.1, 0.15) is 6.61 Å². The second kappa shape index (κ2) is 7.81. The van der Waals surface area contributed by atoms with Crippen LogP contribution in [0, 0.1) is 34.5 Å². The van der Waals surface area contributed by atoms with Gasteiger partial charge in [-0.1, -0.05) is 46.3 Å². The summed E-state index contributed by atoms with van der Waals surface area (Å²) in [5.41, 5.74) is 3.70. The van der Waals surface area contributed by atoms with Gasteiger partial charge in [0.15, 0.2) is 8.32 Å². The molecule has 2 unspecified atom stereocenters. The van der Waals surface area contributed by atoms with E-state index in [9.17, 15) is 4.79 Å². The number of carbonyl (C=O) groups excluding carboxylic acids is 1. The Bertz CT molecular complexity index is 880. The van der Waals surface area contributed by atoms with Gasteiger partial charge in [-0.25, -0.2) is 4.79 Å². The Hall–Kier alpha value is -0.873. The molecule has 0 radical (unpaired) electrons. The number of cyclic esters (lactones) is 1. The number of fused-ring (bicyclic) bond motifs is 5. The summed E-state index contributed by atoms with van der Waals surface area (Å²) in [6, 6.07) is 0. The van der Waals surface area contributed by atoms with Crippen molar-refractivity contribution in [3.63, 3.8) is 0 Å². The summed E-state index contributed by atoms with van der Waals surface area (Å²) in [7, 11) is -1.73. The molecule has 3 nitrogen and oxygen atoms in total. The Balaban J connectivity index is 1.34.